The van der Waals surface area contributed by atoms with Gasteiger partial charge in [0.15, 0.2) is 6.61 Å². The Labute approximate surface area is 128 Å². The molecule has 0 aliphatic rings. The van der Waals surface area contributed by atoms with Gasteiger partial charge in [-0.05, 0) is 42.3 Å². The first-order chi connectivity index (χ1) is 10.6. The van der Waals surface area contributed by atoms with E-state index >= 15 is 0 Å². The topological polar surface area (TPSA) is 72.8 Å². The van der Waals surface area contributed by atoms with Crippen molar-refractivity contribution in [2.45, 2.75) is 6.92 Å². The molecule has 0 atom stereocenters. The van der Waals surface area contributed by atoms with Crippen LogP contribution in [0.25, 0.3) is 11.1 Å². The molecular formula is C17H16O5. The van der Waals surface area contributed by atoms with Crippen molar-refractivity contribution in [2.24, 2.45) is 0 Å². The van der Waals surface area contributed by atoms with Gasteiger partial charge in [0, 0.05) is 0 Å². The standard InChI is InChI=1S/C17H16O5/c1-2-21-16(18)11-22-15-5-3-4-14(10-15)12-6-8-13(9-7-12)17(19)20/h3-10H,2,11H2,1H3,(H,19,20). The summed E-state index contributed by atoms with van der Waals surface area (Å²) in [6.07, 6.45) is 0. The van der Waals surface area contributed by atoms with Crippen molar-refractivity contribution in [1.29, 1.82) is 0 Å². The third-order valence-corrected chi connectivity index (χ3v) is 2.96. The second-order valence-corrected chi connectivity index (χ2v) is 4.50. The van der Waals surface area contributed by atoms with Gasteiger partial charge >= 0.3 is 11.9 Å². The molecule has 2 aromatic carbocycles. The number of carboxylic acid groups (broad SMARTS) is 1. The van der Waals surface area contributed by atoms with E-state index in [0.717, 1.165) is 11.1 Å². The lowest BCUT2D eigenvalue weighted by molar-refractivity contribution is -0.145. The average Bonchev–Trinajstić information content (AvgIpc) is 2.53. The van der Waals surface area contributed by atoms with Crippen LogP contribution in [0.2, 0.25) is 0 Å². The molecule has 0 heterocycles. The van der Waals surface area contributed by atoms with Crippen molar-refractivity contribution in [2.75, 3.05) is 13.2 Å². The number of hydrogen-bond donors (Lipinski definition) is 1. The number of rotatable bonds is 6. The number of carbonyl (C=O) groups excluding carboxylic acids is 1. The summed E-state index contributed by atoms with van der Waals surface area (Å²) in [5.41, 5.74) is 1.98. The Bertz CT molecular complexity index is 661. The van der Waals surface area contributed by atoms with Crippen molar-refractivity contribution < 1.29 is 24.2 Å². The number of benzene rings is 2. The van der Waals surface area contributed by atoms with E-state index in [4.69, 9.17) is 14.6 Å². The Hall–Kier alpha value is -2.82. The fourth-order valence-corrected chi connectivity index (χ4v) is 1.92. The quantitative estimate of drug-likeness (QED) is 0.830. The van der Waals surface area contributed by atoms with E-state index in [-0.39, 0.29) is 12.2 Å². The summed E-state index contributed by atoms with van der Waals surface area (Å²) < 4.78 is 10.2. The van der Waals surface area contributed by atoms with Gasteiger partial charge in [-0.1, -0.05) is 24.3 Å². The maximum Gasteiger partial charge on any atom is 0.344 e. The first-order valence-corrected chi connectivity index (χ1v) is 6.82. The van der Waals surface area contributed by atoms with Crippen LogP contribution in [0, 0.1) is 0 Å². The van der Waals surface area contributed by atoms with Crippen LogP contribution in [0.3, 0.4) is 0 Å². The molecule has 0 amide bonds. The molecule has 114 valence electrons. The highest BCUT2D eigenvalue weighted by molar-refractivity contribution is 5.88. The Morgan fingerprint density at radius 3 is 2.41 bits per heavy atom. The fraction of sp³-hybridized carbons (Fsp3) is 0.176. The molecule has 0 aliphatic carbocycles. The molecule has 0 aromatic heterocycles. The van der Waals surface area contributed by atoms with E-state index in [1.54, 1.807) is 49.4 Å². The van der Waals surface area contributed by atoms with Crippen LogP contribution in [0.15, 0.2) is 48.5 Å². The van der Waals surface area contributed by atoms with Gasteiger partial charge in [0.1, 0.15) is 5.75 Å². The van der Waals surface area contributed by atoms with Gasteiger partial charge < -0.3 is 14.6 Å². The van der Waals surface area contributed by atoms with Crippen LogP contribution in [-0.2, 0) is 9.53 Å². The molecule has 2 rings (SSSR count). The van der Waals surface area contributed by atoms with E-state index in [1.807, 2.05) is 6.07 Å². The van der Waals surface area contributed by atoms with Crippen molar-refractivity contribution >= 4 is 11.9 Å². The van der Waals surface area contributed by atoms with E-state index in [9.17, 15) is 9.59 Å². The first-order valence-electron chi connectivity index (χ1n) is 6.82. The largest absolute Gasteiger partial charge is 0.482 e. The predicted molar refractivity (Wildman–Crippen MR) is 81.0 cm³/mol. The number of ether oxygens (including phenoxy) is 2. The Morgan fingerprint density at radius 1 is 1.05 bits per heavy atom. The molecule has 0 aliphatic heterocycles. The monoisotopic (exact) mass is 300 g/mol. The van der Waals surface area contributed by atoms with Crippen LogP contribution in [0.5, 0.6) is 5.75 Å². The zero-order valence-electron chi connectivity index (χ0n) is 12.1. The van der Waals surface area contributed by atoms with Gasteiger partial charge in [0.2, 0.25) is 0 Å². The summed E-state index contributed by atoms with van der Waals surface area (Å²) in [5.74, 6) is -0.829. The lowest BCUT2D eigenvalue weighted by atomic mass is 10.0. The predicted octanol–water partition coefficient (Wildman–Crippen LogP) is 2.99. The van der Waals surface area contributed by atoms with Crippen molar-refractivity contribution in [3.05, 3.63) is 54.1 Å². The molecule has 2 aromatic rings. The molecule has 5 nitrogen and oxygen atoms in total. The Kier molecular flexibility index (Phi) is 5.14. The molecule has 22 heavy (non-hydrogen) atoms. The van der Waals surface area contributed by atoms with Crippen molar-refractivity contribution in [3.63, 3.8) is 0 Å². The van der Waals surface area contributed by atoms with Crippen LogP contribution in [0.4, 0.5) is 0 Å². The summed E-state index contributed by atoms with van der Waals surface area (Å²) in [4.78, 5) is 22.1. The van der Waals surface area contributed by atoms with Crippen LogP contribution in [-0.4, -0.2) is 30.3 Å². The lowest BCUT2D eigenvalue weighted by Crippen LogP contribution is -2.14. The number of esters is 1. The summed E-state index contributed by atoms with van der Waals surface area (Å²) in [6.45, 7) is 1.91. The highest BCUT2D eigenvalue weighted by Gasteiger charge is 2.06. The van der Waals surface area contributed by atoms with Crippen LogP contribution >= 0.6 is 0 Å². The summed E-state index contributed by atoms with van der Waals surface area (Å²) in [6, 6.07) is 13.8. The van der Waals surface area contributed by atoms with Gasteiger partial charge in [-0.15, -0.1) is 0 Å². The first kappa shape index (κ1) is 15.6. The van der Waals surface area contributed by atoms with Gasteiger partial charge in [0.05, 0.1) is 12.2 Å². The molecule has 0 saturated heterocycles. The van der Waals surface area contributed by atoms with Gasteiger partial charge in [-0.2, -0.15) is 0 Å². The normalized spacial score (nSPS) is 10.0. The number of aromatic carboxylic acids is 1. The second kappa shape index (κ2) is 7.26. The Balaban J connectivity index is 2.10. The van der Waals surface area contributed by atoms with E-state index in [1.165, 1.54) is 0 Å². The highest BCUT2D eigenvalue weighted by Crippen LogP contribution is 2.24. The third-order valence-electron chi connectivity index (χ3n) is 2.96. The van der Waals surface area contributed by atoms with Crippen molar-refractivity contribution in [3.8, 4) is 16.9 Å². The molecular weight excluding hydrogens is 284 g/mol. The van der Waals surface area contributed by atoms with E-state index < -0.39 is 11.9 Å². The van der Waals surface area contributed by atoms with E-state index in [0.29, 0.717) is 12.4 Å². The van der Waals surface area contributed by atoms with Gasteiger partial charge in [0.25, 0.3) is 0 Å². The average molecular weight is 300 g/mol. The summed E-state index contributed by atoms with van der Waals surface area (Å²) >= 11 is 0. The lowest BCUT2D eigenvalue weighted by Gasteiger charge is -2.08. The second-order valence-electron chi connectivity index (χ2n) is 4.50. The van der Waals surface area contributed by atoms with Crippen molar-refractivity contribution in [1.82, 2.24) is 0 Å². The maximum atomic E-state index is 11.3. The number of carboxylic acids is 1. The molecule has 0 fully saturated rings. The molecule has 0 unspecified atom stereocenters. The zero-order valence-corrected chi connectivity index (χ0v) is 12.1. The fourth-order valence-electron chi connectivity index (χ4n) is 1.92. The van der Waals surface area contributed by atoms with Crippen LogP contribution in [0.1, 0.15) is 17.3 Å². The Morgan fingerprint density at radius 2 is 1.77 bits per heavy atom. The number of hydrogen-bond acceptors (Lipinski definition) is 4. The summed E-state index contributed by atoms with van der Waals surface area (Å²) in [5, 5.41) is 8.89. The molecule has 5 heteroatoms. The molecule has 0 radical (unpaired) electrons. The van der Waals surface area contributed by atoms with E-state index in [2.05, 4.69) is 0 Å². The van der Waals surface area contributed by atoms with Gasteiger partial charge in [-0.25, -0.2) is 9.59 Å². The molecule has 0 bridgehead atoms. The highest BCUT2D eigenvalue weighted by atomic mass is 16.6. The minimum absolute atomic E-state index is 0.144. The molecule has 0 spiro atoms. The maximum absolute atomic E-state index is 11.3. The summed E-state index contributed by atoms with van der Waals surface area (Å²) in [7, 11) is 0. The number of carbonyl (C=O) groups is 2. The SMILES string of the molecule is CCOC(=O)COc1cccc(-c2ccc(C(=O)O)cc2)c1. The molecule has 0 saturated carbocycles. The molecule has 1 N–H and O–H groups in total. The van der Waals surface area contributed by atoms with Gasteiger partial charge in [-0.3, -0.25) is 0 Å². The zero-order chi connectivity index (χ0) is 15.9. The smallest absolute Gasteiger partial charge is 0.344 e. The third kappa shape index (κ3) is 4.09. The minimum atomic E-state index is -0.960. The minimum Gasteiger partial charge on any atom is -0.482 e. The van der Waals surface area contributed by atoms with Crippen LogP contribution < -0.4 is 4.74 Å².